The fourth-order valence-electron chi connectivity index (χ4n) is 1.92. The lowest BCUT2D eigenvalue weighted by atomic mass is 10.1. The van der Waals surface area contributed by atoms with Crippen LogP contribution in [0.1, 0.15) is 45.1 Å². The molecule has 104 valence electrons. The van der Waals surface area contributed by atoms with E-state index in [4.69, 9.17) is 4.74 Å². The first-order chi connectivity index (χ1) is 9.26. The monoisotopic (exact) mass is 260 g/mol. The maximum absolute atomic E-state index is 11.2. The molecule has 0 aliphatic rings. The standard InChI is InChI=1S/C17H24O2/c1-3-9-16(14-19-17(18)4-2)13-8-12-15-10-6-5-7-11-15/h5-7,10-11,13H,3-4,8-9,12,14H2,1-2H3/b16-13-. The van der Waals surface area contributed by atoms with Crippen LogP contribution >= 0.6 is 0 Å². The predicted molar refractivity (Wildman–Crippen MR) is 79.0 cm³/mol. The lowest BCUT2D eigenvalue weighted by Crippen LogP contribution is -2.06. The van der Waals surface area contributed by atoms with Crippen molar-refractivity contribution >= 4 is 5.97 Å². The second-order valence-electron chi connectivity index (χ2n) is 4.65. The first kappa shape index (κ1) is 15.5. The van der Waals surface area contributed by atoms with Gasteiger partial charge in [0.25, 0.3) is 0 Å². The number of carbonyl (C=O) groups is 1. The zero-order chi connectivity index (χ0) is 13.9. The van der Waals surface area contributed by atoms with E-state index in [2.05, 4.69) is 37.3 Å². The summed E-state index contributed by atoms with van der Waals surface area (Å²) in [7, 11) is 0. The lowest BCUT2D eigenvalue weighted by Gasteiger charge is -2.07. The minimum Gasteiger partial charge on any atom is -0.461 e. The number of allylic oxidation sites excluding steroid dienone is 1. The molecule has 0 aliphatic carbocycles. The molecule has 0 saturated carbocycles. The molecule has 2 heteroatoms. The van der Waals surface area contributed by atoms with Crippen LogP contribution in [0.15, 0.2) is 42.0 Å². The molecule has 1 rings (SSSR count). The Hall–Kier alpha value is -1.57. The Kier molecular flexibility index (Phi) is 7.64. The molecule has 19 heavy (non-hydrogen) atoms. The zero-order valence-electron chi connectivity index (χ0n) is 12.0. The highest BCUT2D eigenvalue weighted by Gasteiger charge is 2.02. The summed E-state index contributed by atoms with van der Waals surface area (Å²) in [6.07, 6.45) is 6.80. The van der Waals surface area contributed by atoms with Gasteiger partial charge in [0, 0.05) is 6.42 Å². The topological polar surface area (TPSA) is 26.3 Å². The average Bonchev–Trinajstić information content (AvgIpc) is 2.45. The van der Waals surface area contributed by atoms with Crippen LogP contribution in [0.4, 0.5) is 0 Å². The van der Waals surface area contributed by atoms with Crippen LogP contribution in [0.5, 0.6) is 0 Å². The second kappa shape index (κ2) is 9.37. The molecule has 0 fully saturated rings. The summed E-state index contributed by atoms with van der Waals surface area (Å²) in [6.45, 7) is 4.42. The first-order valence-electron chi connectivity index (χ1n) is 7.13. The minimum atomic E-state index is -0.120. The van der Waals surface area contributed by atoms with Crippen LogP contribution in [0.3, 0.4) is 0 Å². The van der Waals surface area contributed by atoms with Crippen molar-refractivity contribution in [3.8, 4) is 0 Å². The van der Waals surface area contributed by atoms with E-state index in [1.165, 1.54) is 11.1 Å². The van der Waals surface area contributed by atoms with Crippen LogP contribution in [0.2, 0.25) is 0 Å². The molecular weight excluding hydrogens is 236 g/mol. The number of hydrogen-bond donors (Lipinski definition) is 0. The molecular formula is C17H24O2. The zero-order valence-corrected chi connectivity index (χ0v) is 12.0. The number of ether oxygens (including phenoxy) is 1. The van der Waals surface area contributed by atoms with Gasteiger partial charge in [-0.1, -0.05) is 56.7 Å². The van der Waals surface area contributed by atoms with Crippen molar-refractivity contribution in [1.29, 1.82) is 0 Å². The highest BCUT2D eigenvalue weighted by Crippen LogP contribution is 2.10. The Morgan fingerprint density at radius 2 is 1.95 bits per heavy atom. The summed E-state index contributed by atoms with van der Waals surface area (Å²) in [5.41, 5.74) is 2.58. The number of carbonyl (C=O) groups excluding carboxylic acids is 1. The third-order valence-electron chi connectivity index (χ3n) is 2.99. The maximum atomic E-state index is 11.2. The SMILES string of the molecule is CCC/C(=C/CCc1ccccc1)COC(=O)CC. The van der Waals surface area contributed by atoms with Gasteiger partial charge in [0.05, 0.1) is 0 Å². The minimum absolute atomic E-state index is 0.120. The highest BCUT2D eigenvalue weighted by atomic mass is 16.5. The van der Waals surface area contributed by atoms with Crippen LogP contribution in [-0.4, -0.2) is 12.6 Å². The van der Waals surface area contributed by atoms with Crippen molar-refractivity contribution in [2.24, 2.45) is 0 Å². The molecule has 2 nitrogen and oxygen atoms in total. The van der Waals surface area contributed by atoms with Gasteiger partial charge in [-0.25, -0.2) is 0 Å². The van der Waals surface area contributed by atoms with Crippen molar-refractivity contribution in [2.45, 2.75) is 46.0 Å². The van der Waals surface area contributed by atoms with Crippen LogP contribution in [0.25, 0.3) is 0 Å². The molecule has 0 aliphatic heterocycles. The summed E-state index contributed by atoms with van der Waals surface area (Å²) >= 11 is 0. The third-order valence-corrected chi connectivity index (χ3v) is 2.99. The summed E-state index contributed by atoms with van der Waals surface area (Å²) in [5, 5.41) is 0. The Morgan fingerprint density at radius 3 is 2.58 bits per heavy atom. The molecule has 1 aromatic carbocycles. The molecule has 0 aromatic heterocycles. The van der Waals surface area contributed by atoms with Gasteiger partial charge in [-0.3, -0.25) is 4.79 Å². The molecule has 0 spiro atoms. The largest absolute Gasteiger partial charge is 0.461 e. The van der Waals surface area contributed by atoms with Crippen molar-refractivity contribution in [3.63, 3.8) is 0 Å². The van der Waals surface area contributed by atoms with E-state index >= 15 is 0 Å². The fourth-order valence-corrected chi connectivity index (χ4v) is 1.92. The van der Waals surface area contributed by atoms with Gasteiger partial charge in [0.2, 0.25) is 0 Å². The van der Waals surface area contributed by atoms with E-state index < -0.39 is 0 Å². The number of rotatable bonds is 8. The normalized spacial score (nSPS) is 11.4. The molecule has 0 N–H and O–H groups in total. The van der Waals surface area contributed by atoms with Crippen LogP contribution < -0.4 is 0 Å². The van der Waals surface area contributed by atoms with E-state index in [1.54, 1.807) is 0 Å². The van der Waals surface area contributed by atoms with Gasteiger partial charge in [0.1, 0.15) is 6.61 Å². The van der Waals surface area contributed by atoms with Crippen molar-refractivity contribution in [2.75, 3.05) is 6.61 Å². The molecule has 0 bridgehead atoms. The molecule has 1 aromatic rings. The number of esters is 1. The summed E-state index contributed by atoms with van der Waals surface area (Å²) in [4.78, 5) is 11.2. The number of benzene rings is 1. The Bertz CT molecular complexity index is 393. The molecule has 0 unspecified atom stereocenters. The highest BCUT2D eigenvalue weighted by molar-refractivity contribution is 5.69. The van der Waals surface area contributed by atoms with Gasteiger partial charge in [0.15, 0.2) is 0 Å². The fraction of sp³-hybridized carbons (Fsp3) is 0.471. The molecule has 0 radical (unpaired) electrons. The smallest absolute Gasteiger partial charge is 0.305 e. The van der Waals surface area contributed by atoms with E-state index in [0.717, 1.165) is 25.7 Å². The van der Waals surface area contributed by atoms with Gasteiger partial charge in [-0.2, -0.15) is 0 Å². The van der Waals surface area contributed by atoms with E-state index in [9.17, 15) is 4.79 Å². The summed E-state index contributed by atoms with van der Waals surface area (Å²) in [5.74, 6) is -0.120. The van der Waals surface area contributed by atoms with Gasteiger partial charge >= 0.3 is 5.97 Å². The van der Waals surface area contributed by atoms with Crippen LogP contribution in [0, 0.1) is 0 Å². The van der Waals surface area contributed by atoms with Crippen molar-refractivity contribution in [1.82, 2.24) is 0 Å². The Morgan fingerprint density at radius 1 is 1.21 bits per heavy atom. The number of aryl methyl sites for hydroxylation is 1. The van der Waals surface area contributed by atoms with E-state index in [-0.39, 0.29) is 5.97 Å². The maximum Gasteiger partial charge on any atom is 0.305 e. The van der Waals surface area contributed by atoms with Gasteiger partial charge in [-0.05, 0) is 30.4 Å². The molecule has 0 amide bonds. The third kappa shape index (κ3) is 6.80. The van der Waals surface area contributed by atoms with Gasteiger partial charge in [-0.15, -0.1) is 0 Å². The Balaban J connectivity index is 2.41. The molecule has 0 heterocycles. The predicted octanol–water partition coefficient (Wildman–Crippen LogP) is 4.30. The average molecular weight is 260 g/mol. The van der Waals surface area contributed by atoms with E-state index in [0.29, 0.717) is 13.0 Å². The summed E-state index contributed by atoms with van der Waals surface area (Å²) < 4.78 is 5.20. The first-order valence-corrected chi connectivity index (χ1v) is 7.13. The Labute approximate surface area is 116 Å². The second-order valence-corrected chi connectivity index (χ2v) is 4.65. The quantitative estimate of drug-likeness (QED) is 0.514. The van der Waals surface area contributed by atoms with Crippen molar-refractivity contribution < 1.29 is 9.53 Å². The van der Waals surface area contributed by atoms with E-state index in [1.807, 2.05) is 13.0 Å². The molecule has 0 atom stereocenters. The lowest BCUT2D eigenvalue weighted by molar-refractivity contribution is -0.142. The van der Waals surface area contributed by atoms with Gasteiger partial charge < -0.3 is 4.74 Å². The molecule has 0 saturated heterocycles. The van der Waals surface area contributed by atoms with Crippen LogP contribution in [-0.2, 0) is 16.0 Å². The summed E-state index contributed by atoms with van der Waals surface area (Å²) in [6, 6.07) is 10.4. The van der Waals surface area contributed by atoms with Crippen molar-refractivity contribution in [3.05, 3.63) is 47.5 Å². The number of hydrogen-bond acceptors (Lipinski definition) is 2.